The summed E-state index contributed by atoms with van der Waals surface area (Å²) < 4.78 is 0. The van der Waals surface area contributed by atoms with Crippen molar-refractivity contribution in [2.45, 2.75) is 58.2 Å². The third-order valence-corrected chi connectivity index (χ3v) is 6.81. The monoisotopic (exact) mass is 403 g/mol. The van der Waals surface area contributed by atoms with Crippen molar-refractivity contribution in [3.05, 3.63) is 28.8 Å². The Morgan fingerprint density at radius 2 is 1.89 bits per heavy atom. The Kier molecular flexibility index (Phi) is 4.55. The normalized spacial score (nSPS) is 32.3. The predicted octanol–water partition coefficient (Wildman–Crippen LogP) is 2.91. The van der Waals surface area contributed by atoms with Gasteiger partial charge in [-0.1, -0.05) is 44.5 Å². The number of nitrogens with zero attached hydrogens (tertiary/aromatic N) is 1. The molecule has 6 nitrogen and oxygen atoms in total. The molecule has 2 saturated heterocycles. The molecule has 1 aromatic rings. The standard InChI is InChI=1S/C21H26ClN3O3/c1-5-11(4)25-18(26)15-14(9-10(2)3)24-21(16(15)19(25)27)12-7-6-8-13(22)17(12)23-20(21)28/h6-8,10-11,14-16,24H,5,9H2,1-4H3,(H,23,28)/t11?,14?,15-,16+,21?/m1/s1. The summed E-state index contributed by atoms with van der Waals surface area (Å²) in [6.07, 6.45) is 1.39. The van der Waals surface area contributed by atoms with Crippen LogP contribution in [0.5, 0.6) is 0 Å². The number of rotatable bonds is 4. The van der Waals surface area contributed by atoms with Gasteiger partial charge in [0, 0.05) is 17.6 Å². The maximum Gasteiger partial charge on any atom is 0.250 e. The van der Waals surface area contributed by atoms with Gasteiger partial charge in [0.05, 0.1) is 22.5 Å². The molecule has 1 aromatic carbocycles. The van der Waals surface area contributed by atoms with E-state index in [1.807, 2.05) is 19.9 Å². The first kappa shape index (κ1) is 19.4. The first-order valence-electron chi connectivity index (χ1n) is 9.99. The number of imide groups is 1. The van der Waals surface area contributed by atoms with Gasteiger partial charge in [-0.2, -0.15) is 0 Å². The van der Waals surface area contributed by atoms with E-state index in [2.05, 4.69) is 24.5 Å². The molecule has 0 bridgehead atoms. The fourth-order valence-corrected chi connectivity index (χ4v) is 5.36. The van der Waals surface area contributed by atoms with E-state index >= 15 is 0 Å². The number of hydrogen-bond acceptors (Lipinski definition) is 4. The third-order valence-electron chi connectivity index (χ3n) is 6.49. The number of carbonyl (C=O) groups is 3. The number of halogens is 1. The van der Waals surface area contributed by atoms with Crippen LogP contribution in [0.15, 0.2) is 18.2 Å². The number of fused-ring (bicyclic) bond motifs is 4. The van der Waals surface area contributed by atoms with Gasteiger partial charge in [-0.3, -0.25) is 24.6 Å². The molecule has 1 spiro atoms. The van der Waals surface area contributed by atoms with Crippen LogP contribution >= 0.6 is 11.6 Å². The van der Waals surface area contributed by atoms with E-state index in [1.54, 1.807) is 12.1 Å². The predicted molar refractivity (Wildman–Crippen MR) is 107 cm³/mol. The third kappa shape index (κ3) is 2.40. The van der Waals surface area contributed by atoms with Gasteiger partial charge in [-0.25, -0.2) is 0 Å². The number of hydrogen-bond donors (Lipinski definition) is 2. The quantitative estimate of drug-likeness (QED) is 0.757. The van der Waals surface area contributed by atoms with Gasteiger partial charge >= 0.3 is 0 Å². The van der Waals surface area contributed by atoms with Crippen LogP contribution in [0.4, 0.5) is 5.69 Å². The van der Waals surface area contributed by atoms with E-state index in [9.17, 15) is 14.4 Å². The van der Waals surface area contributed by atoms with Gasteiger partial charge < -0.3 is 5.32 Å². The zero-order valence-corrected chi connectivity index (χ0v) is 17.3. The topological polar surface area (TPSA) is 78.5 Å². The number of anilines is 1. The number of benzene rings is 1. The molecule has 3 amide bonds. The number of amides is 3. The highest BCUT2D eigenvalue weighted by Crippen LogP contribution is 2.55. The first-order chi connectivity index (χ1) is 13.2. The van der Waals surface area contributed by atoms with Gasteiger partial charge in [-0.05, 0) is 31.7 Å². The molecule has 3 aliphatic rings. The summed E-state index contributed by atoms with van der Waals surface area (Å²) in [6, 6.07) is 4.88. The Balaban J connectivity index is 1.89. The molecular formula is C21H26ClN3O3. The molecule has 3 heterocycles. The maximum absolute atomic E-state index is 13.5. The average molecular weight is 404 g/mol. The zero-order chi connectivity index (χ0) is 20.4. The Bertz CT molecular complexity index is 870. The van der Waals surface area contributed by atoms with E-state index in [-0.39, 0.29) is 29.8 Å². The van der Waals surface area contributed by atoms with Gasteiger partial charge in [-0.15, -0.1) is 0 Å². The lowest BCUT2D eigenvalue weighted by Gasteiger charge is -2.31. The van der Waals surface area contributed by atoms with Crippen LogP contribution < -0.4 is 10.6 Å². The summed E-state index contributed by atoms with van der Waals surface area (Å²) in [5.41, 5.74) is -0.0503. The first-order valence-corrected chi connectivity index (χ1v) is 10.4. The SMILES string of the molecule is CCC(C)N1C(=O)[C@@H]2C(CC(C)C)NC3(C(=O)Nc4c(Cl)cccc43)[C@@H]2C1=O. The van der Waals surface area contributed by atoms with Gasteiger partial charge in [0.2, 0.25) is 17.7 Å². The molecule has 4 rings (SSSR count). The number of nitrogens with one attached hydrogen (secondary N) is 2. The summed E-state index contributed by atoms with van der Waals surface area (Å²) >= 11 is 6.32. The molecule has 2 fully saturated rings. The molecule has 3 aliphatic heterocycles. The van der Waals surface area contributed by atoms with Crippen LogP contribution in [0.3, 0.4) is 0 Å². The molecule has 150 valence electrons. The van der Waals surface area contributed by atoms with Crippen molar-refractivity contribution in [1.29, 1.82) is 0 Å². The van der Waals surface area contributed by atoms with Crippen LogP contribution in [0.2, 0.25) is 5.02 Å². The second-order valence-electron chi connectivity index (χ2n) is 8.61. The summed E-state index contributed by atoms with van der Waals surface area (Å²) in [5.74, 6) is -1.70. The lowest BCUT2D eigenvalue weighted by Crippen LogP contribution is -2.54. The van der Waals surface area contributed by atoms with Crippen molar-refractivity contribution in [3.63, 3.8) is 0 Å². The van der Waals surface area contributed by atoms with Crippen molar-refractivity contribution in [3.8, 4) is 0 Å². The van der Waals surface area contributed by atoms with E-state index in [0.717, 1.165) is 0 Å². The summed E-state index contributed by atoms with van der Waals surface area (Å²) in [4.78, 5) is 41.5. The van der Waals surface area contributed by atoms with Gasteiger partial charge in [0.15, 0.2) is 0 Å². The lowest BCUT2D eigenvalue weighted by atomic mass is 9.76. The van der Waals surface area contributed by atoms with Gasteiger partial charge in [0.25, 0.3) is 0 Å². The summed E-state index contributed by atoms with van der Waals surface area (Å²) in [6.45, 7) is 7.99. The van der Waals surface area contributed by atoms with Crippen molar-refractivity contribution in [2.75, 3.05) is 5.32 Å². The van der Waals surface area contributed by atoms with E-state index in [0.29, 0.717) is 35.0 Å². The zero-order valence-electron chi connectivity index (χ0n) is 16.6. The molecule has 28 heavy (non-hydrogen) atoms. The Labute approximate surface area is 170 Å². The Hall–Kier alpha value is -1.92. The van der Waals surface area contributed by atoms with Crippen LogP contribution in [0, 0.1) is 17.8 Å². The highest BCUT2D eigenvalue weighted by molar-refractivity contribution is 6.35. The molecule has 2 N–H and O–H groups in total. The fraction of sp³-hybridized carbons (Fsp3) is 0.571. The smallest absolute Gasteiger partial charge is 0.250 e. The minimum absolute atomic E-state index is 0.164. The molecule has 7 heteroatoms. The van der Waals surface area contributed by atoms with Crippen LogP contribution in [-0.2, 0) is 19.9 Å². The molecule has 0 aromatic heterocycles. The van der Waals surface area contributed by atoms with Crippen molar-refractivity contribution in [1.82, 2.24) is 10.2 Å². The van der Waals surface area contributed by atoms with Gasteiger partial charge in [0.1, 0.15) is 5.54 Å². The lowest BCUT2D eigenvalue weighted by molar-refractivity contribution is -0.145. The summed E-state index contributed by atoms with van der Waals surface area (Å²) in [5, 5.41) is 6.73. The molecule has 0 saturated carbocycles. The summed E-state index contributed by atoms with van der Waals surface area (Å²) in [7, 11) is 0. The number of carbonyl (C=O) groups excluding carboxylic acids is 3. The van der Waals surface area contributed by atoms with Crippen molar-refractivity contribution < 1.29 is 14.4 Å². The minimum atomic E-state index is -1.25. The van der Waals surface area contributed by atoms with Crippen LogP contribution in [-0.4, -0.2) is 34.7 Å². The second-order valence-corrected chi connectivity index (χ2v) is 9.02. The van der Waals surface area contributed by atoms with Crippen molar-refractivity contribution >= 4 is 35.0 Å². The largest absolute Gasteiger partial charge is 0.323 e. The van der Waals surface area contributed by atoms with E-state index in [1.165, 1.54) is 4.90 Å². The highest BCUT2D eigenvalue weighted by atomic mass is 35.5. The number of para-hydroxylation sites is 1. The van der Waals surface area contributed by atoms with E-state index in [4.69, 9.17) is 11.6 Å². The average Bonchev–Trinajstić information content (AvgIpc) is 3.21. The maximum atomic E-state index is 13.5. The Morgan fingerprint density at radius 1 is 1.18 bits per heavy atom. The van der Waals surface area contributed by atoms with Crippen LogP contribution in [0.25, 0.3) is 0 Å². The molecular weight excluding hydrogens is 378 g/mol. The molecule has 3 unspecified atom stereocenters. The Morgan fingerprint density at radius 3 is 2.54 bits per heavy atom. The van der Waals surface area contributed by atoms with Crippen LogP contribution in [0.1, 0.15) is 46.1 Å². The second kappa shape index (κ2) is 6.56. The fourth-order valence-electron chi connectivity index (χ4n) is 5.14. The van der Waals surface area contributed by atoms with E-state index < -0.39 is 17.4 Å². The molecule has 0 radical (unpaired) electrons. The highest BCUT2D eigenvalue weighted by Gasteiger charge is 2.70. The molecule has 5 atom stereocenters. The number of likely N-dealkylation sites (tertiary alicyclic amines) is 1. The minimum Gasteiger partial charge on any atom is -0.323 e. The van der Waals surface area contributed by atoms with Crippen molar-refractivity contribution in [2.24, 2.45) is 17.8 Å². The molecule has 0 aliphatic carbocycles.